The van der Waals surface area contributed by atoms with E-state index < -0.39 is 0 Å². The van der Waals surface area contributed by atoms with Gasteiger partial charge in [-0.2, -0.15) is 0 Å². The molecule has 0 aliphatic carbocycles. The molecule has 1 fully saturated rings. The SMILES string of the molecule is CC(C)C(O)CN1CCN(c2ccccc2)CC1. The van der Waals surface area contributed by atoms with Crippen LogP contribution < -0.4 is 4.90 Å². The Bertz CT molecular complexity index is 345. The Morgan fingerprint density at radius 1 is 1.06 bits per heavy atom. The summed E-state index contributed by atoms with van der Waals surface area (Å²) >= 11 is 0. The van der Waals surface area contributed by atoms with Crippen molar-refractivity contribution in [2.24, 2.45) is 5.92 Å². The quantitative estimate of drug-likeness (QED) is 0.880. The first-order valence-corrected chi connectivity index (χ1v) is 6.87. The van der Waals surface area contributed by atoms with Crippen LogP contribution in [0.5, 0.6) is 0 Å². The van der Waals surface area contributed by atoms with Crippen LogP contribution in [0.4, 0.5) is 5.69 Å². The number of piperazine rings is 1. The van der Waals surface area contributed by atoms with E-state index in [-0.39, 0.29) is 6.10 Å². The van der Waals surface area contributed by atoms with E-state index in [1.165, 1.54) is 5.69 Å². The second kappa shape index (κ2) is 6.21. The lowest BCUT2D eigenvalue weighted by Crippen LogP contribution is -2.49. The van der Waals surface area contributed by atoms with Gasteiger partial charge in [0.15, 0.2) is 0 Å². The average molecular weight is 248 g/mol. The Hall–Kier alpha value is -1.06. The zero-order chi connectivity index (χ0) is 13.0. The van der Waals surface area contributed by atoms with Crippen molar-refractivity contribution in [1.82, 2.24) is 4.90 Å². The van der Waals surface area contributed by atoms with Crippen molar-refractivity contribution in [1.29, 1.82) is 0 Å². The predicted molar refractivity (Wildman–Crippen MR) is 75.9 cm³/mol. The average Bonchev–Trinajstić information content (AvgIpc) is 2.40. The Kier molecular flexibility index (Phi) is 4.61. The van der Waals surface area contributed by atoms with Gasteiger partial charge >= 0.3 is 0 Å². The van der Waals surface area contributed by atoms with E-state index in [2.05, 4.69) is 54.0 Å². The van der Waals surface area contributed by atoms with Crippen LogP contribution in [0.1, 0.15) is 13.8 Å². The van der Waals surface area contributed by atoms with Gasteiger partial charge in [0.1, 0.15) is 0 Å². The van der Waals surface area contributed by atoms with E-state index in [1.807, 2.05) is 0 Å². The van der Waals surface area contributed by atoms with E-state index in [0.29, 0.717) is 5.92 Å². The third kappa shape index (κ3) is 3.47. The third-order valence-corrected chi connectivity index (χ3v) is 3.71. The van der Waals surface area contributed by atoms with Crippen LogP contribution in [-0.4, -0.2) is 48.8 Å². The monoisotopic (exact) mass is 248 g/mol. The second-order valence-electron chi connectivity index (χ2n) is 5.43. The lowest BCUT2D eigenvalue weighted by atomic mass is 10.1. The molecule has 100 valence electrons. The summed E-state index contributed by atoms with van der Waals surface area (Å²) in [5, 5.41) is 9.91. The molecule has 1 heterocycles. The molecule has 0 bridgehead atoms. The number of hydrogen-bond donors (Lipinski definition) is 1. The van der Waals surface area contributed by atoms with Crippen LogP contribution in [0.15, 0.2) is 30.3 Å². The molecule has 1 saturated heterocycles. The summed E-state index contributed by atoms with van der Waals surface area (Å²) in [6.45, 7) is 9.14. The van der Waals surface area contributed by atoms with E-state index >= 15 is 0 Å². The van der Waals surface area contributed by atoms with E-state index in [0.717, 1.165) is 32.7 Å². The van der Waals surface area contributed by atoms with Crippen LogP contribution in [0, 0.1) is 5.92 Å². The fourth-order valence-electron chi connectivity index (χ4n) is 2.30. The fourth-order valence-corrected chi connectivity index (χ4v) is 2.30. The molecule has 0 spiro atoms. The van der Waals surface area contributed by atoms with Crippen LogP contribution in [0.3, 0.4) is 0 Å². The molecule has 0 radical (unpaired) electrons. The molecular formula is C15H24N2O. The highest BCUT2D eigenvalue weighted by Gasteiger charge is 2.20. The summed E-state index contributed by atoms with van der Waals surface area (Å²) in [6, 6.07) is 10.6. The molecule has 3 heteroatoms. The predicted octanol–water partition coefficient (Wildman–Crippen LogP) is 1.83. The van der Waals surface area contributed by atoms with Crippen molar-refractivity contribution in [3.63, 3.8) is 0 Å². The zero-order valence-electron chi connectivity index (χ0n) is 11.4. The summed E-state index contributed by atoms with van der Waals surface area (Å²) in [6.07, 6.45) is -0.201. The molecule has 1 aliphatic heterocycles. The lowest BCUT2D eigenvalue weighted by Gasteiger charge is -2.37. The number of anilines is 1. The van der Waals surface area contributed by atoms with Gasteiger partial charge < -0.3 is 10.0 Å². The molecule has 0 aromatic heterocycles. The lowest BCUT2D eigenvalue weighted by molar-refractivity contribution is 0.0739. The molecule has 1 aliphatic rings. The van der Waals surface area contributed by atoms with Gasteiger partial charge in [0.25, 0.3) is 0 Å². The molecule has 0 amide bonds. The van der Waals surface area contributed by atoms with Crippen molar-refractivity contribution in [2.75, 3.05) is 37.6 Å². The molecule has 2 rings (SSSR count). The van der Waals surface area contributed by atoms with Gasteiger partial charge in [-0.05, 0) is 18.1 Å². The maximum atomic E-state index is 9.91. The van der Waals surface area contributed by atoms with Gasteiger partial charge in [0, 0.05) is 38.4 Å². The largest absolute Gasteiger partial charge is 0.392 e. The number of rotatable bonds is 4. The number of nitrogens with zero attached hydrogens (tertiary/aromatic N) is 2. The Morgan fingerprint density at radius 3 is 2.22 bits per heavy atom. The van der Waals surface area contributed by atoms with E-state index in [4.69, 9.17) is 0 Å². The van der Waals surface area contributed by atoms with Gasteiger partial charge in [-0.1, -0.05) is 32.0 Å². The van der Waals surface area contributed by atoms with Crippen LogP contribution in [0.25, 0.3) is 0 Å². The van der Waals surface area contributed by atoms with Gasteiger partial charge in [0.2, 0.25) is 0 Å². The number of β-amino-alcohol motifs (C(OH)–C–C–N with tert-alkyl or cyclic N) is 1. The van der Waals surface area contributed by atoms with Crippen molar-refractivity contribution >= 4 is 5.69 Å². The minimum absolute atomic E-state index is 0.201. The van der Waals surface area contributed by atoms with Crippen molar-refractivity contribution in [3.8, 4) is 0 Å². The Labute approximate surface area is 110 Å². The summed E-state index contributed by atoms with van der Waals surface area (Å²) < 4.78 is 0. The van der Waals surface area contributed by atoms with Crippen molar-refractivity contribution < 1.29 is 5.11 Å². The first kappa shape index (κ1) is 13.4. The van der Waals surface area contributed by atoms with E-state index in [1.54, 1.807) is 0 Å². The van der Waals surface area contributed by atoms with Gasteiger partial charge in [-0.25, -0.2) is 0 Å². The smallest absolute Gasteiger partial charge is 0.0689 e. The number of hydrogen-bond acceptors (Lipinski definition) is 3. The Morgan fingerprint density at radius 2 is 1.67 bits per heavy atom. The van der Waals surface area contributed by atoms with Crippen LogP contribution >= 0.6 is 0 Å². The van der Waals surface area contributed by atoms with Crippen molar-refractivity contribution in [2.45, 2.75) is 20.0 Å². The molecule has 1 aromatic rings. The third-order valence-electron chi connectivity index (χ3n) is 3.71. The molecule has 3 nitrogen and oxygen atoms in total. The molecular weight excluding hydrogens is 224 g/mol. The summed E-state index contributed by atoms with van der Waals surface area (Å²) in [5.41, 5.74) is 1.31. The number of para-hydroxylation sites is 1. The minimum Gasteiger partial charge on any atom is -0.392 e. The van der Waals surface area contributed by atoms with Crippen LogP contribution in [0.2, 0.25) is 0 Å². The van der Waals surface area contributed by atoms with Crippen LogP contribution in [-0.2, 0) is 0 Å². The van der Waals surface area contributed by atoms with Gasteiger partial charge in [0.05, 0.1) is 6.10 Å². The zero-order valence-corrected chi connectivity index (χ0v) is 11.4. The highest BCUT2D eigenvalue weighted by atomic mass is 16.3. The fraction of sp³-hybridized carbons (Fsp3) is 0.600. The number of aliphatic hydroxyl groups is 1. The highest BCUT2D eigenvalue weighted by Crippen LogP contribution is 2.16. The topological polar surface area (TPSA) is 26.7 Å². The molecule has 1 N–H and O–H groups in total. The normalized spacial score (nSPS) is 19.2. The number of aliphatic hydroxyl groups excluding tert-OH is 1. The molecule has 1 aromatic carbocycles. The summed E-state index contributed by atoms with van der Waals surface area (Å²) in [4.78, 5) is 4.78. The standard InChI is InChI=1S/C15H24N2O/c1-13(2)15(18)12-16-8-10-17(11-9-16)14-6-4-3-5-7-14/h3-7,13,15,18H,8-12H2,1-2H3. The van der Waals surface area contributed by atoms with Crippen molar-refractivity contribution in [3.05, 3.63) is 30.3 Å². The highest BCUT2D eigenvalue weighted by molar-refractivity contribution is 5.46. The van der Waals surface area contributed by atoms with Gasteiger partial charge in [-0.15, -0.1) is 0 Å². The minimum atomic E-state index is -0.201. The first-order chi connectivity index (χ1) is 8.66. The molecule has 0 saturated carbocycles. The maximum Gasteiger partial charge on any atom is 0.0689 e. The second-order valence-corrected chi connectivity index (χ2v) is 5.43. The maximum absolute atomic E-state index is 9.91. The molecule has 1 unspecified atom stereocenters. The first-order valence-electron chi connectivity index (χ1n) is 6.87. The van der Waals surface area contributed by atoms with E-state index in [9.17, 15) is 5.11 Å². The van der Waals surface area contributed by atoms with Gasteiger partial charge in [-0.3, -0.25) is 4.90 Å². The summed E-state index contributed by atoms with van der Waals surface area (Å²) in [5.74, 6) is 0.345. The molecule has 1 atom stereocenters. The molecule has 18 heavy (non-hydrogen) atoms. The summed E-state index contributed by atoms with van der Waals surface area (Å²) in [7, 11) is 0. The number of benzene rings is 1. The Balaban J connectivity index is 1.81.